The van der Waals surface area contributed by atoms with E-state index in [1.807, 2.05) is 13.0 Å². The largest absolute Gasteiger partial charge is 0.481 e. The highest BCUT2D eigenvalue weighted by molar-refractivity contribution is 5.87. The van der Waals surface area contributed by atoms with Crippen molar-refractivity contribution in [2.24, 2.45) is 0 Å². The fourth-order valence-electron chi connectivity index (χ4n) is 2.09. The van der Waals surface area contributed by atoms with Crippen molar-refractivity contribution in [2.45, 2.75) is 59.0 Å². The van der Waals surface area contributed by atoms with Gasteiger partial charge in [0.15, 0.2) is 0 Å². The van der Waals surface area contributed by atoms with Gasteiger partial charge in [-0.1, -0.05) is 0 Å². The van der Waals surface area contributed by atoms with E-state index in [9.17, 15) is 14.4 Å². The number of aromatic nitrogens is 1. The monoisotopic (exact) mass is 350 g/mol. The molecule has 0 aliphatic heterocycles. The first-order valence-electron chi connectivity index (χ1n) is 8.25. The van der Waals surface area contributed by atoms with Crippen molar-refractivity contribution >= 4 is 23.7 Å². The molecule has 0 fully saturated rings. The number of ketones is 1. The molecule has 0 aromatic carbocycles. The molecule has 25 heavy (non-hydrogen) atoms. The smallest absolute Gasteiger partial charge is 0.416 e. The third kappa shape index (κ3) is 8.28. The second-order valence-corrected chi connectivity index (χ2v) is 6.86. The highest BCUT2D eigenvalue weighted by Gasteiger charge is 2.24. The van der Waals surface area contributed by atoms with Gasteiger partial charge >= 0.3 is 12.1 Å². The highest BCUT2D eigenvalue weighted by atomic mass is 16.6. The standard InChI is InChI=1S/C18H26N2O5/c1-13-9-10-19-15(12-13)20(17(24)25-18(2,3)4)11-5-6-14(21)7-8-16(22)23/h9-10,12H,5-8,11H2,1-4H3,(H,22,23). The summed E-state index contributed by atoms with van der Waals surface area (Å²) in [5, 5.41) is 8.60. The number of carbonyl (C=O) groups is 3. The topological polar surface area (TPSA) is 96.8 Å². The first-order chi connectivity index (χ1) is 11.6. The van der Waals surface area contributed by atoms with Gasteiger partial charge in [0.25, 0.3) is 0 Å². The lowest BCUT2D eigenvalue weighted by Gasteiger charge is -2.27. The summed E-state index contributed by atoms with van der Waals surface area (Å²) in [4.78, 5) is 40.3. The van der Waals surface area contributed by atoms with E-state index in [0.717, 1.165) is 5.56 Å². The Balaban J connectivity index is 2.73. The number of aryl methyl sites for hydroxylation is 1. The second kappa shape index (κ2) is 9.15. The number of pyridine rings is 1. The molecule has 0 radical (unpaired) electrons. The second-order valence-electron chi connectivity index (χ2n) is 6.86. The number of ether oxygens (including phenoxy) is 1. The lowest BCUT2D eigenvalue weighted by molar-refractivity contribution is -0.138. The lowest BCUT2D eigenvalue weighted by atomic mass is 10.1. The maximum absolute atomic E-state index is 12.5. The van der Waals surface area contributed by atoms with Crippen molar-refractivity contribution in [3.63, 3.8) is 0 Å². The van der Waals surface area contributed by atoms with E-state index in [2.05, 4.69) is 4.98 Å². The Labute approximate surface area is 148 Å². The Morgan fingerprint density at radius 2 is 1.88 bits per heavy atom. The van der Waals surface area contributed by atoms with Gasteiger partial charge in [-0.15, -0.1) is 0 Å². The number of carbonyl (C=O) groups excluding carboxylic acids is 2. The Morgan fingerprint density at radius 1 is 1.20 bits per heavy atom. The van der Waals surface area contributed by atoms with Gasteiger partial charge < -0.3 is 9.84 Å². The summed E-state index contributed by atoms with van der Waals surface area (Å²) in [5.74, 6) is -0.663. The number of Topliss-reactive ketones (excluding diaryl/α,β-unsaturated/α-hetero) is 1. The van der Waals surface area contributed by atoms with E-state index in [0.29, 0.717) is 12.2 Å². The molecule has 1 amide bonds. The van der Waals surface area contributed by atoms with Crippen LogP contribution in [0.25, 0.3) is 0 Å². The van der Waals surface area contributed by atoms with Crippen molar-refractivity contribution < 1.29 is 24.2 Å². The molecule has 1 N–H and O–H groups in total. The van der Waals surface area contributed by atoms with Gasteiger partial charge in [-0.25, -0.2) is 9.78 Å². The molecule has 1 aromatic rings. The molecule has 1 rings (SSSR count). The predicted octanol–water partition coefficient (Wildman–Crippen LogP) is 3.35. The SMILES string of the molecule is Cc1ccnc(N(CCCC(=O)CCC(=O)O)C(=O)OC(C)(C)C)c1. The van der Waals surface area contributed by atoms with Crippen LogP contribution in [0.2, 0.25) is 0 Å². The predicted molar refractivity (Wildman–Crippen MR) is 93.7 cm³/mol. The van der Waals surface area contributed by atoms with E-state index in [4.69, 9.17) is 9.84 Å². The van der Waals surface area contributed by atoms with Crippen LogP contribution in [0.3, 0.4) is 0 Å². The zero-order valence-electron chi connectivity index (χ0n) is 15.2. The van der Waals surface area contributed by atoms with Crippen molar-refractivity contribution in [1.29, 1.82) is 0 Å². The van der Waals surface area contributed by atoms with E-state index >= 15 is 0 Å². The van der Waals surface area contributed by atoms with Crippen LogP contribution in [0.1, 0.15) is 52.0 Å². The van der Waals surface area contributed by atoms with Crippen molar-refractivity contribution in [1.82, 2.24) is 4.98 Å². The Kier molecular flexibility index (Phi) is 7.54. The number of nitrogens with zero attached hydrogens (tertiary/aromatic N) is 2. The summed E-state index contributed by atoms with van der Waals surface area (Å²) < 4.78 is 5.41. The minimum absolute atomic E-state index is 0.00443. The number of anilines is 1. The van der Waals surface area contributed by atoms with Crippen LogP contribution in [0, 0.1) is 6.92 Å². The number of carboxylic acids is 1. The molecule has 0 atom stereocenters. The molecule has 0 saturated heterocycles. The first kappa shape index (κ1) is 20.6. The van der Waals surface area contributed by atoms with Gasteiger partial charge in [-0.05, 0) is 51.8 Å². The molecule has 0 spiro atoms. The number of carboxylic acid groups (broad SMARTS) is 1. The maximum Gasteiger partial charge on any atom is 0.416 e. The van der Waals surface area contributed by atoms with Crippen LogP contribution < -0.4 is 4.90 Å². The molecule has 0 saturated carbocycles. The normalized spacial score (nSPS) is 11.0. The molecule has 1 aromatic heterocycles. The molecule has 1 heterocycles. The number of hydrogen-bond donors (Lipinski definition) is 1. The van der Waals surface area contributed by atoms with Crippen molar-refractivity contribution in [3.05, 3.63) is 23.9 Å². The van der Waals surface area contributed by atoms with Gasteiger partial charge in [-0.2, -0.15) is 0 Å². The zero-order valence-corrected chi connectivity index (χ0v) is 15.2. The first-order valence-corrected chi connectivity index (χ1v) is 8.25. The molecule has 138 valence electrons. The van der Waals surface area contributed by atoms with Crippen LogP contribution in [0.4, 0.5) is 10.6 Å². The van der Waals surface area contributed by atoms with Crippen LogP contribution in [0.15, 0.2) is 18.3 Å². The van der Waals surface area contributed by atoms with Crippen molar-refractivity contribution in [2.75, 3.05) is 11.4 Å². The lowest BCUT2D eigenvalue weighted by Crippen LogP contribution is -2.38. The van der Waals surface area contributed by atoms with Gasteiger partial charge in [0.2, 0.25) is 0 Å². The van der Waals surface area contributed by atoms with Crippen LogP contribution in [-0.4, -0.2) is 40.1 Å². The quantitative estimate of drug-likeness (QED) is 0.772. The minimum Gasteiger partial charge on any atom is -0.481 e. The van der Waals surface area contributed by atoms with Crippen LogP contribution in [0.5, 0.6) is 0 Å². The summed E-state index contributed by atoms with van der Waals surface area (Å²) in [6.07, 6.45) is 1.54. The van der Waals surface area contributed by atoms with E-state index in [1.54, 1.807) is 33.0 Å². The summed E-state index contributed by atoms with van der Waals surface area (Å²) in [6, 6.07) is 3.60. The van der Waals surface area contributed by atoms with Gasteiger partial charge in [0.05, 0.1) is 6.42 Å². The number of amides is 1. The van der Waals surface area contributed by atoms with E-state index in [1.165, 1.54) is 4.90 Å². The molecular weight excluding hydrogens is 324 g/mol. The average Bonchev–Trinajstić information content (AvgIpc) is 2.47. The Morgan fingerprint density at radius 3 is 2.44 bits per heavy atom. The third-order valence-electron chi connectivity index (χ3n) is 3.25. The summed E-state index contributed by atoms with van der Waals surface area (Å²) in [6.45, 7) is 7.50. The number of rotatable bonds is 8. The molecule has 7 nitrogen and oxygen atoms in total. The fourth-order valence-corrected chi connectivity index (χ4v) is 2.09. The third-order valence-corrected chi connectivity index (χ3v) is 3.25. The number of hydrogen-bond acceptors (Lipinski definition) is 5. The summed E-state index contributed by atoms with van der Waals surface area (Å²) in [5.41, 5.74) is 0.312. The van der Waals surface area contributed by atoms with E-state index in [-0.39, 0.29) is 31.6 Å². The summed E-state index contributed by atoms with van der Waals surface area (Å²) >= 11 is 0. The van der Waals surface area contributed by atoms with Crippen LogP contribution in [-0.2, 0) is 14.3 Å². The number of aliphatic carboxylic acids is 1. The average molecular weight is 350 g/mol. The van der Waals surface area contributed by atoms with Gasteiger partial charge in [-0.3, -0.25) is 14.5 Å². The molecule has 0 aliphatic rings. The Hall–Kier alpha value is -2.44. The molecule has 0 bridgehead atoms. The molecule has 7 heteroatoms. The molecule has 0 unspecified atom stereocenters. The van der Waals surface area contributed by atoms with Gasteiger partial charge in [0, 0.05) is 25.6 Å². The highest BCUT2D eigenvalue weighted by Crippen LogP contribution is 2.18. The Bertz CT molecular complexity index is 622. The van der Waals surface area contributed by atoms with E-state index < -0.39 is 17.7 Å². The molecule has 0 aliphatic carbocycles. The van der Waals surface area contributed by atoms with Crippen molar-refractivity contribution in [3.8, 4) is 0 Å². The summed E-state index contributed by atoms with van der Waals surface area (Å²) in [7, 11) is 0. The fraction of sp³-hybridized carbons (Fsp3) is 0.556. The van der Waals surface area contributed by atoms with Gasteiger partial charge in [0.1, 0.15) is 17.2 Å². The minimum atomic E-state index is -0.993. The molecular formula is C18H26N2O5. The zero-order chi connectivity index (χ0) is 19.0. The maximum atomic E-state index is 12.5. The van der Waals surface area contributed by atoms with Crippen LogP contribution >= 0.6 is 0 Å².